The summed E-state index contributed by atoms with van der Waals surface area (Å²) in [5.74, 6) is 0.672. The maximum atomic E-state index is 6.06. The third kappa shape index (κ3) is 3.31. The molecule has 2 nitrogen and oxygen atoms in total. The van der Waals surface area contributed by atoms with E-state index in [9.17, 15) is 0 Å². The Hall–Kier alpha value is -0.900. The van der Waals surface area contributed by atoms with Gasteiger partial charge in [0.1, 0.15) is 12.4 Å². The Morgan fingerprint density at radius 3 is 2.67 bits per heavy atom. The van der Waals surface area contributed by atoms with Gasteiger partial charge in [-0.05, 0) is 46.3 Å². The summed E-state index contributed by atoms with van der Waals surface area (Å²) in [7, 11) is 0. The van der Waals surface area contributed by atoms with Gasteiger partial charge in [0.15, 0.2) is 0 Å². The quantitative estimate of drug-likeness (QED) is 0.801. The fraction of sp³-hybridized carbons (Fsp3) is 0.0769. The highest BCUT2D eigenvalue weighted by atomic mass is 79.9. The minimum Gasteiger partial charge on any atom is -0.488 e. The lowest BCUT2D eigenvalue weighted by molar-refractivity contribution is 0.304. The number of hydrogen-bond donors (Lipinski definition) is 1. The first-order valence-corrected chi connectivity index (χ1v) is 6.73. The first-order chi connectivity index (χ1) is 8.56. The van der Waals surface area contributed by atoms with Crippen molar-refractivity contribution in [3.8, 4) is 5.75 Å². The molecule has 2 rings (SSSR count). The predicted molar refractivity (Wildman–Crippen MR) is 79.3 cm³/mol. The van der Waals surface area contributed by atoms with E-state index in [2.05, 4.69) is 15.9 Å². The summed E-state index contributed by atoms with van der Waals surface area (Å²) in [4.78, 5) is 0. The SMILES string of the molecule is Nc1ccc(Br)c(OCc2cc(Cl)ccc2Cl)c1. The molecular weight excluding hydrogens is 337 g/mol. The van der Waals surface area contributed by atoms with Crippen LogP contribution < -0.4 is 10.5 Å². The van der Waals surface area contributed by atoms with Crippen LogP contribution in [0.25, 0.3) is 0 Å². The molecule has 2 N–H and O–H groups in total. The molecule has 94 valence electrons. The molecule has 0 heterocycles. The van der Waals surface area contributed by atoms with Crippen LogP contribution in [0.3, 0.4) is 0 Å². The first-order valence-electron chi connectivity index (χ1n) is 5.18. The molecule has 2 aromatic rings. The topological polar surface area (TPSA) is 35.2 Å². The van der Waals surface area contributed by atoms with E-state index in [1.807, 2.05) is 6.07 Å². The highest BCUT2D eigenvalue weighted by molar-refractivity contribution is 9.10. The summed E-state index contributed by atoms with van der Waals surface area (Å²) < 4.78 is 6.51. The molecule has 0 aliphatic carbocycles. The van der Waals surface area contributed by atoms with Crippen molar-refractivity contribution >= 4 is 44.8 Å². The van der Waals surface area contributed by atoms with E-state index < -0.39 is 0 Å². The van der Waals surface area contributed by atoms with Crippen LogP contribution in [0, 0.1) is 0 Å². The van der Waals surface area contributed by atoms with Gasteiger partial charge in [0, 0.05) is 27.4 Å². The average molecular weight is 347 g/mol. The predicted octanol–water partition coefficient (Wildman–Crippen LogP) is 4.92. The summed E-state index contributed by atoms with van der Waals surface area (Å²) in [6, 6.07) is 10.7. The zero-order valence-corrected chi connectivity index (χ0v) is 12.4. The molecule has 0 unspecified atom stereocenters. The van der Waals surface area contributed by atoms with E-state index >= 15 is 0 Å². The number of anilines is 1. The van der Waals surface area contributed by atoms with E-state index in [0.29, 0.717) is 28.1 Å². The molecule has 0 bridgehead atoms. The smallest absolute Gasteiger partial charge is 0.136 e. The Bertz CT molecular complexity index is 523. The minimum absolute atomic E-state index is 0.335. The normalized spacial score (nSPS) is 10.4. The third-order valence-corrected chi connectivity index (χ3v) is 3.61. The maximum absolute atomic E-state index is 6.06. The van der Waals surface area contributed by atoms with Crippen molar-refractivity contribution in [1.82, 2.24) is 0 Å². The third-order valence-electron chi connectivity index (χ3n) is 2.35. The summed E-state index contributed by atoms with van der Waals surface area (Å²) >= 11 is 15.4. The zero-order chi connectivity index (χ0) is 13.1. The van der Waals surface area contributed by atoms with E-state index in [1.165, 1.54) is 0 Å². The number of nitrogen functional groups attached to an aromatic ring is 1. The van der Waals surface area contributed by atoms with Crippen molar-refractivity contribution in [3.05, 3.63) is 56.5 Å². The van der Waals surface area contributed by atoms with Crippen LogP contribution in [0.2, 0.25) is 10.0 Å². The van der Waals surface area contributed by atoms with Gasteiger partial charge in [-0.25, -0.2) is 0 Å². The fourth-order valence-corrected chi connectivity index (χ4v) is 2.17. The van der Waals surface area contributed by atoms with Crippen molar-refractivity contribution in [2.45, 2.75) is 6.61 Å². The van der Waals surface area contributed by atoms with Crippen molar-refractivity contribution < 1.29 is 4.74 Å². The van der Waals surface area contributed by atoms with Crippen LogP contribution in [0.5, 0.6) is 5.75 Å². The van der Waals surface area contributed by atoms with Crippen LogP contribution in [0.4, 0.5) is 5.69 Å². The Kier molecular flexibility index (Phi) is 4.38. The average Bonchev–Trinajstić information content (AvgIpc) is 2.34. The molecule has 0 aliphatic rings. The Labute approximate surface area is 124 Å². The molecule has 0 saturated carbocycles. The molecule has 0 fully saturated rings. The molecule has 0 amide bonds. The monoisotopic (exact) mass is 345 g/mol. The second-order valence-corrected chi connectivity index (χ2v) is 5.41. The second kappa shape index (κ2) is 5.83. The lowest BCUT2D eigenvalue weighted by Crippen LogP contribution is -1.98. The molecule has 0 radical (unpaired) electrons. The molecule has 0 spiro atoms. The fourth-order valence-electron chi connectivity index (χ4n) is 1.44. The van der Waals surface area contributed by atoms with Crippen molar-refractivity contribution in [2.75, 3.05) is 5.73 Å². The van der Waals surface area contributed by atoms with Gasteiger partial charge in [-0.15, -0.1) is 0 Å². The standard InChI is InChI=1S/C13H10BrCl2NO/c14-11-3-2-10(17)6-13(11)18-7-8-5-9(15)1-4-12(8)16/h1-6H,7,17H2. The van der Waals surface area contributed by atoms with Crippen LogP contribution >= 0.6 is 39.1 Å². The molecular formula is C13H10BrCl2NO. The number of hydrogen-bond acceptors (Lipinski definition) is 2. The van der Waals surface area contributed by atoms with Gasteiger partial charge in [0.05, 0.1) is 4.47 Å². The highest BCUT2D eigenvalue weighted by Gasteiger charge is 2.05. The summed E-state index contributed by atoms with van der Waals surface area (Å²) in [6.07, 6.45) is 0. The largest absolute Gasteiger partial charge is 0.488 e. The van der Waals surface area contributed by atoms with Gasteiger partial charge >= 0.3 is 0 Å². The summed E-state index contributed by atoms with van der Waals surface area (Å²) in [5.41, 5.74) is 7.18. The van der Waals surface area contributed by atoms with Crippen molar-refractivity contribution in [2.24, 2.45) is 0 Å². The van der Waals surface area contributed by atoms with Crippen LogP contribution in [-0.2, 0) is 6.61 Å². The van der Waals surface area contributed by atoms with Gasteiger partial charge in [-0.1, -0.05) is 23.2 Å². The van der Waals surface area contributed by atoms with Crippen molar-refractivity contribution in [3.63, 3.8) is 0 Å². The van der Waals surface area contributed by atoms with E-state index in [0.717, 1.165) is 10.0 Å². The molecule has 18 heavy (non-hydrogen) atoms. The first kappa shape index (κ1) is 13.5. The summed E-state index contributed by atoms with van der Waals surface area (Å²) in [5, 5.41) is 1.25. The van der Waals surface area contributed by atoms with E-state index in [4.69, 9.17) is 33.7 Å². The molecule has 0 aliphatic heterocycles. The minimum atomic E-state index is 0.335. The Morgan fingerprint density at radius 1 is 1.11 bits per heavy atom. The highest BCUT2D eigenvalue weighted by Crippen LogP contribution is 2.29. The molecule has 0 atom stereocenters. The van der Waals surface area contributed by atoms with Gasteiger partial charge < -0.3 is 10.5 Å². The van der Waals surface area contributed by atoms with E-state index in [-0.39, 0.29) is 0 Å². The van der Waals surface area contributed by atoms with Crippen LogP contribution in [0.15, 0.2) is 40.9 Å². The molecule has 5 heteroatoms. The summed E-state index contributed by atoms with van der Waals surface area (Å²) in [6.45, 7) is 0.335. The van der Waals surface area contributed by atoms with E-state index in [1.54, 1.807) is 30.3 Å². The lowest BCUT2D eigenvalue weighted by atomic mass is 10.2. The number of nitrogens with two attached hydrogens (primary N) is 1. The van der Waals surface area contributed by atoms with Crippen LogP contribution in [-0.4, -0.2) is 0 Å². The number of rotatable bonds is 3. The molecule has 0 saturated heterocycles. The van der Waals surface area contributed by atoms with Crippen molar-refractivity contribution in [1.29, 1.82) is 0 Å². The van der Waals surface area contributed by atoms with Gasteiger partial charge in [-0.2, -0.15) is 0 Å². The molecule has 2 aromatic carbocycles. The number of halogens is 3. The molecule has 0 aromatic heterocycles. The van der Waals surface area contributed by atoms with Gasteiger partial charge in [0.2, 0.25) is 0 Å². The lowest BCUT2D eigenvalue weighted by Gasteiger charge is -2.10. The number of ether oxygens (including phenoxy) is 1. The van der Waals surface area contributed by atoms with Gasteiger partial charge in [-0.3, -0.25) is 0 Å². The Morgan fingerprint density at radius 2 is 1.89 bits per heavy atom. The zero-order valence-electron chi connectivity index (χ0n) is 9.29. The second-order valence-electron chi connectivity index (χ2n) is 3.71. The maximum Gasteiger partial charge on any atom is 0.136 e. The van der Waals surface area contributed by atoms with Gasteiger partial charge in [0.25, 0.3) is 0 Å². The number of benzene rings is 2. The van der Waals surface area contributed by atoms with Crippen LogP contribution in [0.1, 0.15) is 5.56 Å². The Balaban J connectivity index is 2.16.